The highest BCUT2D eigenvalue weighted by Crippen LogP contribution is 2.41. The molecule has 0 spiro atoms. The Kier molecular flexibility index (Phi) is 5.99. The van der Waals surface area contributed by atoms with Crippen LogP contribution in [0, 0.1) is 12.3 Å². The van der Waals surface area contributed by atoms with Gasteiger partial charge in [-0.2, -0.15) is 0 Å². The highest BCUT2D eigenvalue weighted by Gasteiger charge is 2.32. The molecule has 5 nitrogen and oxygen atoms in total. The molecule has 1 aliphatic carbocycles. The summed E-state index contributed by atoms with van der Waals surface area (Å²) in [5.74, 6) is 3.95. The third-order valence-corrected chi connectivity index (χ3v) is 7.79. The average molecular weight is 505 g/mol. The van der Waals surface area contributed by atoms with E-state index in [4.69, 9.17) is 20.9 Å². The van der Waals surface area contributed by atoms with Crippen molar-refractivity contribution in [1.29, 1.82) is 0 Å². The molecule has 6 heteroatoms. The Morgan fingerprint density at radius 1 is 1.05 bits per heavy atom. The monoisotopic (exact) mass is 504 g/mol. The number of aryl methyl sites for hydroxylation is 1. The number of rotatable bonds is 5. The van der Waals surface area contributed by atoms with Crippen LogP contribution in [0.3, 0.4) is 0 Å². The van der Waals surface area contributed by atoms with E-state index >= 15 is 0 Å². The number of hydrogen-bond acceptors (Lipinski definition) is 5. The smallest absolute Gasteiger partial charge is 0.271 e. The zero-order chi connectivity index (χ0) is 25.4. The first-order valence-corrected chi connectivity index (χ1v) is 12.9. The molecular weight excluding hydrogens is 480 g/mol. The molecule has 6 rings (SSSR count). The van der Waals surface area contributed by atoms with Crippen molar-refractivity contribution in [2.45, 2.75) is 18.9 Å². The Bertz CT molecular complexity index is 1740. The highest BCUT2D eigenvalue weighted by atomic mass is 32.1. The fourth-order valence-corrected chi connectivity index (χ4v) is 6.05. The van der Waals surface area contributed by atoms with Crippen LogP contribution < -0.4 is 24.4 Å². The zero-order valence-corrected chi connectivity index (χ0v) is 21.1. The van der Waals surface area contributed by atoms with E-state index in [1.54, 1.807) is 7.11 Å². The Morgan fingerprint density at radius 3 is 2.57 bits per heavy atom. The Balaban J connectivity index is 1.52. The van der Waals surface area contributed by atoms with Gasteiger partial charge in [-0.3, -0.25) is 9.36 Å². The molecule has 4 aromatic rings. The minimum Gasteiger partial charge on any atom is -0.497 e. The van der Waals surface area contributed by atoms with E-state index in [1.807, 2.05) is 59.2 Å². The number of methoxy groups -OCH3 is 1. The van der Waals surface area contributed by atoms with Gasteiger partial charge in [-0.15, -0.1) is 6.42 Å². The largest absolute Gasteiger partial charge is 0.497 e. The summed E-state index contributed by atoms with van der Waals surface area (Å²) in [5, 5.41) is 0. The first-order chi connectivity index (χ1) is 18.2. The number of thiazole rings is 1. The summed E-state index contributed by atoms with van der Waals surface area (Å²) in [5.41, 5.74) is 6.54. The zero-order valence-electron chi connectivity index (χ0n) is 20.3. The molecule has 0 amide bonds. The van der Waals surface area contributed by atoms with Crippen molar-refractivity contribution in [3.63, 3.8) is 0 Å². The first-order valence-electron chi connectivity index (χ1n) is 12.1. The summed E-state index contributed by atoms with van der Waals surface area (Å²) in [6.07, 6.45) is 8.97. The van der Waals surface area contributed by atoms with E-state index in [9.17, 15) is 4.79 Å². The van der Waals surface area contributed by atoms with Crippen LogP contribution in [0.4, 0.5) is 0 Å². The predicted molar refractivity (Wildman–Crippen MR) is 147 cm³/mol. The van der Waals surface area contributed by atoms with E-state index in [1.165, 1.54) is 22.5 Å². The first kappa shape index (κ1) is 23.1. The standard InChI is InChI=1S/C31H24N2O3S/c1-3-18-36-24-13-8-20(9-14-24)19-27-30(34)33-29(22-10-15-23(35-2)16-11-22)26-17-12-21-6-4-5-7-25(21)28(26)32-31(33)37-27/h1,4-11,13-16,19,29H,12,17-18H2,2H3. The third kappa shape index (κ3) is 4.18. The normalized spacial score (nSPS) is 16.2. The summed E-state index contributed by atoms with van der Waals surface area (Å²) >= 11 is 1.42. The number of nitrogens with zero attached hydrogens (tertiary/aromatic N) is 2. The van der Waals surface area contributed by atoms with Gasteiger partial charge in [0.2, 0.25) is 0 Å². The molecular formula is C31H24N2O3S. The number of benzene rings is 3. The van der Waals surface area contributed by atoms with Crippen molar-refractivity contribution in [2.75, 3.05) is 13.7 Å². The van der Waals surface area contributed by atoms with Crippen LogP contribution in [0.2, 0.25) is 0 Å². The number of hydrogen-bond donors (Lipinski definition) is 0. The van der Waals surface area contributed by atoms with Crippen LogP contribution in [-0.2, 0) is 6.42 Å². The summed E-state index contributed by atoms with van der Waals surface area (Å²) < 4.78 is 13.4. The molecule has 0 saturated carbocycles. The van der Waals surface area contributed by atoms with Crippen molar-refractivity contribution in [2.24, 2.45) is 4.99 Å². The summed E-state index contributed by atoms with van der Waals surface area (Å²) in [6, 6.07) is 23.8. The van der Waals surface area contributed by atoms with Gasteiger partial charge >= 0.3 is 0 Å². The number of ether oxygens (including phenoxy) is 2. The fourth-order valence-electron chi connectivity index (χ4n) is 5.05. The minimum atomic E-state index is -0.216. The minimum absolute atomic E-state index is 0.0392. The van der Waals surface area contributed by atoms with Gasteiger partial charge in [0.15, 0.2) is 4.80 Å². The van der Waals surface area contributed by atoms with Crippen LogP contribution in [0.5, 0.6) is 11.5 Å². The van der Waals surface area contributed by atoms with E-state index in [2.05, 4.69) is 30.2 Å². The lowest BCUT2D eigenvalue weighted by Crippen LogP contribution is -2.38. The number of aromatic nitrogens is 1. The van der Waals surface area contributed by atoms with Gasteiger partial charge in [-0.25, -0.2) is 4.99 Å². The lowest BCUT2D eigenvalue weighted by molar-refractivity contribution is 0.370. The van der Waals surface area contributed by atoms with Gasteiger partial charge in [0, 0.05) is 5.56 Å². The molecule has 1 aromatic heterocycles. The molecule has 2 aliphatic rings. The molecule has 37 heavy (non-hydrogen) atoms. The molecule has 0 radical (unpaired) electrons. The lowest BCUT2D eigenvalue weighted by atomic mass is 9.83. The molecule has 3 aromatic carbocycles. The van der Waals surface area contributed by atoms with Crippen molar-refractivity contribution < 1.29 is 9.47 Å². The van der Waals surface area contributed by atoms with Crippen LogP contribution in [0.25, 0.3) is 11.8 Å². The highest BCUT2D eigenvalue weighted by molar-refractivity contribution is 7.07. The maximum atomic E-state index is 13.8. The Hall–Kier alpha value is -4.34. The van der Waals surface area contributed by atoms with E-state index < -0.39 is 0 Å². The van der Waals surface area contributed by atoms with E-state index in [-0.39, 0.29) is 18.2 Å². The van der Waals surface area contributed by atoms with Gasteiger partial charge in [0.1, 0.15) is 18.1 Å². The van der Waals surface area contributed by atoms with Crippen molar-refractivity contribution in [3.05, 3.63) is 120 Å². The van der Waals surface area contributed by atoms with Crippen molar-refractivity contribution in [1.82, 2.24) is 4.57 Å². The van der Waals surface area contributed by atoms with Gasteiger partial charge in [-0.1, -0.05) is 65.8 Å². The Morgan fingerprint density at radius 2 is 1.81 bits per heavy atom. The second-order valence-corrected chi connectivity index (χ2v) is 9.96. The third-order valence-electron chi connectivity index (χ3n) is 6.80. The number of terminal acetylenes is 1. The van der Waals surface area contributed by atoms with Crippen molar-refractivity contribution >= 4 is 23.1 Å². The average Bonchev–Trinajstić information content (AvgIpc) is 3.25. The summed E-state index contributed by atoms with van der Waals surface area (Å²) in [4.78, 5) is 19.6. The SMILES string of the molecule is C#CCOc1ccc(C=c2sc3n(c2=O)C(c2ccc(OC)cc2)C2=C(N=3)c3ccccc3CC2)cc1. The van der Waals surface area contributed by atoms with Crippen molar-refractivity contribution in [3.8, 4) is 23.8 Å². The molecule has 1 aliphatic heterocycles. The van der Waals surface area contributed by atoms with E-state index in [0.717, 1.165) is 41.0 Å². The lowest BCUT2D eigenvalue weighted by Gasteiger charge is -2.30. The quantitative estimate of drug-likeness (QED) is 0.380. The molecule has 1 unspecified atom stereocenters. The van der Waals surface area contributed by atoms with E-state index in [0.29, 0.717) is 15.1 Å². The maximum absolute atomic E-state index is 13.8. The van der Waals surface area contributed by atoms with Gasteiger partial charge in [-0.05, 0) is 65.4 Å². The molecule has 0 saturated heterocycles. The molecule has 1 atom stereocenters. The van der Waals surface area contributed by atoms with Gasteiger partial charge in [0.25, 0.3) is 5.56 Å². The second-order valence-electron chi connectivity index (χ2n) is 8.95. The summed E-state index contributed by atoms with van der Waals surface area (Å²) in [7, 11) is 1.66. The molecule has 0 fully saturated rings. The summed E-state index contributed by atoms with van der Waals surface area (Å²) in [6.45, 7) is 0.219. The van der Waals surface area contributed by atoms with Crippen LogP contribution in [0.1, 0.15) is 34.7 Å². The number of allylic oxidation sites excluding steroid dienone is 1. The molecule has 0 bridgehead atoms. The fraction of sp³-hybridized carbons (Fsp3) is 0.161. The topological polar surface area (TPSA) is 52.8 Å². The molecule has 2 heterocycles. The van der Waals surface area contributed by atoms with Crippen LogP contribution in [-0.4, -0.2) is 18.3 Å². The molecule has 182 valence electrons. The van der Waals surface area contributed by atoms with Crippen LogP contribution >= 0.6 is 11.3 Å². The maximum Gasteiger partial charge on any atom is 0.271 e. The Labute approximate surface area is 218 Å². The second kappa shape index (κ2) is 9.61. The predicted octanol–water partition coefficient (Wildman–Crippen LogP) is 4.34. The van der Waals surface area contributed by atoms with Gasteiger partial charge in [0.05, 0.1) is 23.4 Å². The number of fused-ring (bicyclic) bond motifs is 3. The van der Waals surface area contributed by atoms with Gasteiger partial charge < -0.3 is 9.47 Å². The van der Waals surface area contributed by atoms with Crippen LogP contribution in [0.15, 0.2) is 88.2 Å². The molecule has 0 N–H and O–H groups in total.